The molecule has 1 aromatic carbocycles. The van der Waals surface area contributed by atoms with Crippen molar-refractivity contribution in [1.29, 1.82) is 0 Å². The second kappa shape index (κ2) is 7.97. The van der Waals surface area contributed by atoms with Crippen LogP contribution in [0.3, 0.4) is 0 Å². The number of nitrogens with one attached hydrogen (secondary N) is 1. The number of nitrogens with zero attached hydrogens (tertiary/aromatic N) is 4. The van der Waals surface area contributed by atoms with Crippen molar-refractivity contribution in [1.82, 2.24) is 19.3 Å². The number of carbonyl (C=O) groups is 1. The number of hydrogen-bond donors (Lipinski definition) is 1. The Balaban J connectivity index is 1.46. The largest absolute Gasteiger partial charge is 0.296 e. The zero-order valence-corrected chi connectivity index (χ0v) is 17.3. The van der Waals surface area contributed by atoms with Gasteiger partial charge in [-0.25, -0.2) is 18.4 Å². The number of amides is 1. The van der Waals surface area contributed by atoms with E-state index in [0.29, 0.717) is 18.1 Å². The summed E-state index contributed by atoms with van der Waals surface area (Å²) < 4.78 is 27.2. The van der Waals surface area contributed by atoms with Crippen LogP contribution in [0.25, 0.3) is 0 Å². The maximum atomic E-state index is 12.9. The van der Waals surface area contributed by atoms with Crippen molar-refractivity contribution in [3.8, 4) is 0 Å². The molecule has 3 heterocycles. The lowest BCUT2D eigenvalue weighted by Crippen LogP contribution is -2.36. The highest BCUT2D eigenvalue weighted by atomic mass is 32.2. The standard InChI is InChI=1S/C19H19N5O3S2/c1-13-3-2-4-14(9-13)12-29(26,27)24-8-5-15-17(11-24)28-19(22-15)23-18(25)16-10-20-6-7-21-16/h2-4,6-7,9-10H,5,8,11-12H2,1H3,(H,22,23,25). The topological polar surface area (TPSA) is 105 Å². The molecule has 3 aromatic rings. The van der Waals surface area contributed by atoms with Gasteiger partial charge in [-0.3, -0.25) is 15.1 Å². The molecule has 0 bridgehead atoms. The fourth-order valence-corrected chi connectivity index (χ4v) is 5.72. The number of carbonyl (C=O) groups excluding carboxylic acids is 1. The van der Waals surface area contributed by atoms with Crippen LogP contribution in [0.15, 0.2) is 42.9 Å². The minimum absolute atomic E-state index is 0.0287. The van der Waals surface area contributed by atoms with E-state index in [1.54, 1.807) is 0 Å². The second-order valence-electron chi connectivity index (χ2n) is 6.76. The molecule has 1 aliphatic rings. The molecule has 0 fully saturated rings. The van der Waals surface area contributed by atoms with E-state index >= 15 is 0 Å². The van der Waals surface area contributed by atoms with Crippen LogP contribution in [-0.4, -0.2) is 40.1 Å². The van der Waals surface area contributed by atoms with Crippen LogP contribution >= 0.6 is 11.3 Å². The third kappa shape index (κ3) is 4.50. The SMILES string of the molecule is Cc1cccc(CS(=O)(=O)N2CCc3nc(NC(=O)c4cnccn4)sc3C2)c1. The summed E-state index contributed by atoms with van der Waals surface area (Å²) in [5, 5.41) is 3.15. The third-order valence-corrected chi connectivity index (χ3v) is 7.33. The van der Waals surface area contributed by atoms with Crippen LogP contribution in [0.2, 0.25) is 0 Å². The summed E-state index contributed by atoms with van der Waals surface area (Å²) in [7, 11) is -3.45. The minimum atomic E-state index is -3.45. The van der Waals surface area contributed by atoms with Crippen LogP contribution in [0.1, 0.15) is 32.2 Å². The molecule has 8 nitrogen and oxygen atoms in total. The Morgan fingerprint density at radius 1 is 1.31 bits per heavy atom. The molecule has 0 atom stereocenters. The van der Waals surface area contributed by atoms with E-state index in [4.69, 9.17) is 0 Å². The summed E-state index contributed by atoms with van der Waals surface area (Å²) in [6, 6.07) is 7.52. The first-order chi connectivity index (χ1) is 13.9. The fraction of sp³-hybridized carbons (Fsp3) is 0.263. The molecule has 1 amide bonds. The molecule has 0 aliphatic carbocycles. The average Bonchev–Trinajstić information content (AvgIpc) is 3.09. The first kappa shape index (κ1) is 19.6. The van der Waals surface area contributed by atoms with E-state index in [0.717, 1.165) is 21.7 Å². The molecule has 10 heteroatoms. The summed E-state index contributed by atoms with van der Waals surface area (Å²) in [5.74, 6) is -0.424. The molecule has 0 unspecified atom stereocenters. The number of benzene rings is 1. The van der Waals surface area contributed by atoms with Gasteiger partial charge in [-0.1, -0.05) is 29.8 Å². The first-order valence-corrected chi connectivity index (χ1v) is 11.4. The maximum absolute atomic E-state index is 12.9. The van der Waals surface area contributed by atoms with Gasteiger partial charge in [0.25, 0.3) is 5.91 Å². The number of aryl methyl sites for hydroxylation is 1. The monoisotopic (exact) mass is 429 g/mol. The number of fused-ring (bicyclic) bond motifs is 1. The van der Waals surface area contributed by atoms with Crippen LogP contribution in [0.4, 0.5) is 5.13 Å². The highest BCUT2D eigenvalue weighted by Crippen LogP contribution is 2.30. The summed E-state index contributed by atoms with van der Waals surface area (Å²) >= 11 is 1.29. The zero-order chi connectivity index (χ0) is 20.4. The molecule has 1 aliphatic heterocycles. The lowest BCUT2D eigenvalue weighted by Gasteiger charge is -2.25. The van der Waals surface area contributed by atoms with E-state index in [1.165, 1.54) is 34.2 Å². The molecule has 29 heavy (non-hydrogen) atoms. The highest BCUT2D eigenvalue weighted by Gasteiger charge is 2.29. The van der Waals surface area contributed by atoms with Crippen molar-refractivity contribution in [2.75, 3.05) is 11.9 Å². The Hall–Kier alpha value is -2.69. The van der Waals surface area contributed by atoms with Crippen molar-refractivity contribution in [2.45, 2.75) is 25.6 Å². The lowest BCUT2D eigenvalue weighted by molar-refractivity contribution is 0.102. The molecule has 0 saturated carbocycles. The van der Waals surface area contributed by atoms with Crippen LogP contribution in [0, 0.1) is 6.92 Å². The molecular formula is C19H19N5O3S2. The second-order valence-corrected chi connectivity index (χ2v) is 9.82. The Morgan fingerprint density at radius 3 is 2.93 bits per heavy atom. The van der Waals surface area contributed by atoms with Crippen molar-refractivity contribution in [2.24, 2.45) is 0 Å². The Bertz CT molecular complexity index is 1150. The van der Waals surface area contributed by atoms with Crippen LogP contribution in [-0.2, 0) is 28.7 Å². The molecule has 0 saturated heterocycles. The predicted octanol–water partition coefficient (Wildman–Crippen LogP) is 2.38. The van der Waals surface area contributed by atoms with Gasteiger partial charge in [0, 0.05) is 36.8 Å². The maximum Gasteiger partial charge on any atom is 0.277 e. The highest BCUT2D eigenvalue weighted by molar-refractivity contribution is 7.88. The molecule has 4 rings (SSSR count). The molecule has 2 aromatic heterocycles. The van der Waals surface area contributed by atoms with Gasteiger partial charge < -0.3 is 0 Å². The predicted molar refractivity (Wildman–Crippen MR) is 110 cm³/mol. The Kier molecular flexibility index (Phi) is 5.39. The zero-order valence-electron chi connectivity index (χ0n) is 15.7. The molecule has 1 N–H and O–H groups in total. The minimum Gasteiger partial charge on any atom is -0.296 e. The normalized spacial score (nSPS) is 14.4. The van der Waals surface area contributed by atoms with E-state index in [1.807, 2.05) is 31.2 Å². The quantitative estimate of drug-likeness (QED) is 0.668. The van der Waals surface area contributed by atoms with Gasteiger partial charge >= 0.3 is 0 Å². The summed E-state index contributed by atoms with van der Waals surface area (Å²) in [4.78, 5) is 25.4. The summed E-state index contributed by atoms with van der Waals surface area (Å²) in [6.45, 7) is 2.59. The summed E-state index contributed by atoms with van der Waals surface area (Å²) in [5.41, 5.74) is 2.83. The van der Waals surface area contributed by atoms with Crippen LogP contribution < -0.4 is 5.32 Å². The number of rotatable bonds is 5. The average molecular weight is 430 g/mol. The van der Waals surface area contributed by atoms with E-state index in [-0.39, 0.29) is 18.0 Å². The smallest absolute Gasteiger partial charge is 0.277 e. The molecular weight excluding hydrogens is 410 g/mol. The number of hydrogen-bond acceptors (Lipinski definition) is 7. The van der Waals surface area contributed by atoms with Gasteiger partial charge in [-0.15, -0.1) is 11.3 Å². The summed E-state index contributed by atoms with van der Waals surface area (Å²) in [6.07, 6.45) is 4.83. The Labute approximate surface area is 172 Å². The van der Waals surface area contributed by atoms with Gasteiger partial charge in [0.2, 0.25) is 10.0 Å². The molecule has 0 radical (unpaired) electrons. The number of sulfonamides is 1. The van der Waals surface area contributed by atoms with Gasteiger partial charge in [-0.05, 0) is 12.5 Å². The van der Waals surface area contributed by atoms with Gasteiger partial charge in [0.15, 0.2) is 5.13 Å². The number of thiazole rings is 1. The number of anilines is 1. The Morgan fingerprint density at radius 2 is 2.17 bits per heavy atom. The lowest BCUT2D eigenvalue weighted by atomic mass is 10.2. The van der Waals surface area contributed by atoms with Gasteiger partial charge in [0.05, 0.1) is 17.6 Å². The van der Waals surface area contributed by atoms with Crippen molar-refractivity contribution in [3.63, 3.8) is 0 Å². The van der Waals surface area contributed by atoms with E-state index in [9.17, 15) is 13.2 Å². The van der Waals surface area contributed by atoms with Crippen molar-refractivity contribution in [3.05, 3.63) is 70.2 Å². The van der Waals surface area contributed by atoms with E-state index in [2.05, 4.69) is 20.3 Å². The number of aromatic nitrogens is 3. The third-order valence-electron chi connectivity index (χ3n) is 4.54. The fourth-order valence-electron chi connectivity index (χ4n) is 3.14. The van der Waals surface area contributed by atoms with Gasteiger partial charge in [0.1, 0.15) is 5.69 Å². The van der Waals surface area contributed by atoms with Crippen LogP contribution in [0.5, 0.6) is 0 Å². The molecule has 0 spiro atoms. The first-order valence-electron chi connectivity index (χ1n) is 9.00. The van der Waals surface area contributed by atoms with Crippen molar-refractivity contribution >= 4 is 32.4 Å². The van der Waals surface area contributed by atoms with Gasteiger partial charge in [-0.2, -0.15) is 4.31 Å². The van der Waals surface area contributed by atoms with Crippen molar-refractivity contribution < 1.29 is 13.2 Å². The molecule has 150 valence electrons. The van der Waals surface area contributed by atoms with E-state index < -0.39 is 15.9 Å².